The largest absolute Gasteiger partial charge is 0.481 e. The molecule has 0 fully saturated rings. The Hall–Kier alpha value is -1.47. The maximum atomic E-state index is 12.0. The van der Waals surface area contributed by atoms with Crippen molar-refractivity contribution in [1.29, 1.82) is 0 Å². The molecule has 1 amide bonds. The predicted octanol–water partition coefficient (Wildman–Crippen LogP) is 4.07. The zero-order valence-electron chi connectivity index (χ0n) is 12.3. The third-order valence-corrected chi connectivity index (χ3v) is 4.94. The highest BCUT2D eigenvalue weighted by molar-refractivity contribution is 7.90. The summed E-state index contributed by atoms with van der Waals surface area (Å²) in [4.78, 5) is 12.0. The highest BCUT2D eigenvalue weighted by atomic mass is 35.5. The van der Waals surface area contributed by atoms with Crippen LogP contribution in [0.25, 0.3) is 0 Å². The van der Waals surface area contributed by atoms with Crippen molar-refractivity contribution in [2.45, 2.75) is 4.90 Å². The van der Waals surface area contributed by atoms with Crippen LogP contribution < -0.4 is 10.1 Å². The van der Waals surface area contributed by atoms with E-state index in [0.29, 0.717) is 0 Å². The molecule has 2 aromatic rings. The molecular weight excluding hydrogens is 397 g/mol. The monoisotopic (exact) mass is 407 g/mol. The number of rotatable bonds is 5. The standard InChI is InChI=1S/C15H12Cl3NO4S/c1-24(21,22)9-5-6-10(16)13(7-9)19-14(20)8-23-15-11(17)3-2-4-12(15)18/h2-7H,8H2,1H3,(H,19,20). The van der Waals surface area contributed by atoms with Gasteiger partial charge < -0.3 is 10.1 Å². The van der Waals surface area contributed by atoms with Gasteiger partial charge in [0.05, 0.1) is 25.7 Å². The molecule has 0 aliphatic rings. The Balaban J connectivity index is 2.10. The minimum atomic E-state index is -3.42. The molecule has 0 aliphatic carbocycles. The van der Waals surface area contributed by atoms with Crippen molar-refractivity contribution < 1.29 is 17.9 Å². The Bertz CT molecular complexity index is 864. The normalized spacial score (nSPS) is 11.2. The number of ether oxygens (including phenoxy) is 1. The molecule has 2 rings (SSSR count). The molecule has 0 heterocycles. The number of carbonyl (C=O) groups is 1. The first-order valence-electron chi connectivity index (χ1n) is 6.55. The maximum Gasteiger partial charge on any atom is 0.262 e. The second-order valence-corrected chi connectivity index (χ2v) is 8.04. The van der Waals surface area contributed by atoms with Crippen LogP contribution >= 0.6 is 34.8 Å². The number of amides is 1. The fourth-order valence-electron chi connectivity index (χ4n) is 1.78. The van der Waals surface area contributed by atoms with E-state index in [-0.39, 0.29) is 38.0 Å². The average Bonchev–Trinajstić information content (AvgIpc) is 2.48. The summed E-state index contributed by atoms with van der Waals surface area (Å²) in [7, 11) is -3.42. The Kier molecular flexibility index (Phi) is 5.98. The Morgan fingerprint density at radius 2 is 1.71 bits per heavy atom. The second-order valence-electron chi connectivity index (χ2n) is 4.80. The van der Waals surface area contributed by atoms with E-state index < -0.39 is 15.7 Å². The number of hydrogen-bond acceptors (Lipinski definition) is 4. The number of hydrogen-bond donors (Lipinski definition) is 1. The molecule has 0 bridgehead atoms. The van der Waals surface area contributed by atoms with Crippen molar-refractivity contribution in [3.8, 4) is 5.75 Å². The van der Waals surface area contributed by atoms with E-state index >= 15 is 0 Å². The number of para-hydroxylation sites is 1. The molecule has 1 N–H and O–H groups in total. The summed E-state index contributed by atoms with van der Waals surface area (Å²) in [5.41, 5.74) is 0.165. The molecule has 0 saturated carbocycles. The highest BCUT2D eigenvalue weighted by Gasteiger charge is 2.14. The first-order valence-corrected chi connectivity index (χ1v) is 9.57. The summed E-state index contributed by atoms with van der Waals surface area (Å²) in [6, 6.07) is 8.82. The molecule has 0 atom stereocenters. The molecule has 0 aliphatic heterocycles. The minimum Gasteiger partial charge on any atom is -0.481 e. The summed E-state index contributed by atoms with van der Waals surface area (Å²) in [5, 5.41) is 3.23. The fraction of sp³-hybridized carbons (Fsp3) is 0.133. The zero-order chi connectivity index (χ0) is 17.9. The van der Waals surface area contributed by atoms with Gasteiger partial charge in [-0.05, 0) is 30.3 Å². The van der Waals surface area contributed by atoms with Gasteiger partial charge in [-0.2, -0.15) is 0 Å². The third kappa shape index (κ3) is 4.77. The van der Waals surface area contributed by atoms with Gasteiger partial charge in [-0.25, -0.2) is 8.42 Å². The third-order valence-electron chi connectivity index (χ3n) is 2.91. The lowest BCUT2D eigenvalue weighted by molar-refractivity contribution is -0.118. The lowest BCUT2D eigenvalue weighted by Gasteiger charge is -2.11. The van der Waals surface area contributed by atoms with Crippen LogP contribution in [0.3, 0.4) is 0 Å². The SMILES string of the molecule is CS(=O)(=O)c1ccc(Cl)c(NC(=O)COc2c(Cl)cccc2Cl)c1. The number of halogens is 3. The summed E-state index contributed by atoms with van der Waals surface area (Å²) >= 11 is 17.8. The van der Waals surface area contributed by atoms with E-state index in [1.165, 1.54) is 18.2 Å². The average molecular weight is 409 g/mol. The summed E-state index contributed by atoms with van der Waals surface area (Å²) < 4.78 is 28.4. The van der Waals surface area contributed by atoms with Gasteiger partial charge in [-0.15, -0.1) is 0 Å². The van der Waals surface area contributed by atoms with Crippen LogP contribution in [0.2, 0.25) is 15.1 Å². The number of nitrogens with one attached hydrogen (secondary N) is 1. The fourth-order valence-corrected chi connectivity index (χ4v) is 3.09. The van der Waals surface area contributed by atoms with Crippen LogP contribution in [0.1, 0.15) is 0 Å². The first kappa shape index (κ1) is 18.9. The lowest BCUT2D eigenvalue weighted by atomic mass is 10.3. The molecule has 2 aromatic carbocycles. The van der Waals surface area contributed by atoms with Crippen LogP contribution in [0.5, 0.6) is 5.75 Å². The Labute approximate surface area is 154 Å². The van der Waals surface area contributed by atoms with E-state index in [4.69, 9.17) is 39.5 Å². The topological polar surface area (TPSA) is 72.5 Å². The van der Waals surface area contributed by atoms with Gasteiger partial charge in [0.15, 0.2) is 22.2 Å². The maximum absolute atomic E-state index is 12.0. The second kappa shape index (κ2) is 7.61. The van der Waals surface area contributed by atoms with Crippen LogP contribution in [0.4, 0.5) is 5.69 Å². The van der Waals surface area contributed by atoms with Gasteiger partial charge in [0, 0.05) is 6.26 Å². The quantitative estimate of drug-likeness (QED) is 0.809. The van der Waals surface area contributed by atoms with Gasteiger partial charge in [0.1, 0.15) is 0 Å². The number of benzene rings is 2. The van der Waals surface area contributed by atoms with E-state index in [1.54, 1.807) is 18.2 Å². The Morgan fingerprint density at radius 3 is 2.29 bits per heavy atom. The summed E-state index contributed by atoms with van der Waals surface area (Å²) in [6.07, 6.45) is 1.06. The van der Waals surface area contributed by atoms with Crippen molar-refractivity contribution in [2.24, 2.45) is 0 Å². The van der Waals surface area contributed by atoms with Gasteiger partial charge in [0.2, 0.25) is 0 Å². The predicted molar refractivity (Wildman–Crippen MR) is 95.1 cm³/mol. The van der Waals surface area contributed by atoms with Crippen molar-refractivity contribution in [2.75, 3.05) is 18.2 Å². The molecule has 0 radical (unpaired) electrons. The smallest absolute Gasteiger partial charge is 0.262 e. The number of carbonyl (C=O) groups excluding carboxylic acids is 1. The molecule has 0 aromatic heterocycles. The van der Waals surface area contributed by atoms with E-state index in [2.05, 4.69) is 5.32 Å². The van der Waals surface area contributed by atoms with E-state index in [9.17, 15) is 13.2 Å². The van der Waals surface area contributed by atoms with Crippen molar-refractivity contribution in [1.82, 2.24) is 0 Å². The van der Waals surface area contributed by atoms with Gasteiger partial charge in [-0.1, -0.05) is 40.9 Å². The number of anilines is 1. The van der Waals surface area contributed by atoms with Crippen LogP contribution in [0.15, 0.2) is 41.3 Å². The first-order chi connectivity index (χ1) is 11.2. The van der Waals surface area contributed by atoms with Crippen LogP contribution in [-0.4, -0.2) is 27.2 Å². The van der Waals surface area contributed by atoms with Crippen LogP contribution in [0, 0.1) is 0 Å². The molecule has 0 saturated heterocycles. The van der Waals surface area contributed by atoms with Gasteiger partial charge >= 0.3 is 0 Å². The molecular formula is C15H12Cl3NO4S. The summed E-state index contributed by atoms with van der Waals surface area (Å²) in [5.74, 6) is -0.356. The van der Waals surface area contributed by atoms with Crippen molar-refractivity contribution >= 4 is 56.2 Å². The molecule has 0 spiro atoms. The summed E-state index contributed by atoms with van der Waals surface area (Å²) in [6.45, 7) is -0.372. The van der Waals surface area contributed by atoms with Gasteiger partial charge in [0.25, 0.3) is 5.91 Å². The zero-order valence-corrected chi connectivity index (χ0v) is 15.4. The Morgan fingerprint density at radius 1 is 1.08 bits per heavy atom. The van der Waals surface area contributed by atoms with E-state index in [1.807, 2.05) is 0 Å². The van der Waals surface area contributed by atoms with E-state index in [0.717, 1.165) is 6.26 Å². The van der Waals surface area contributed by atoms with Gasteiger partial charge in [-0.3, -0.25) is 4.79 Å². The molecule has 5 nitrogen and oxygen atoms in total. The van der Waals surface area contributed by atoms with Crippen molar-refractivity contribution in [3.63, 3.8) is 0 Å². The van der Waals surface area contributed by atoms with Crippen molar-refractivity contribution in [3.05, 3.63) is 51.5 Å². The molecule has 24 heavy (non-hydrogen) atoms. The number of sulfone groups is 1. The molecule has 128 valence electrons. The van der Waals surface area contributed by atoms with Crippen LogP contribution in [-0.2, 0) is 14.6 Å². The highest BCUT2D eigenvalue weighted by Crippen LogP contribution is 2.32. The lowest BCUT2D eigenvalue weighted by Crippen LogP contribution is -2.20. The molecule has 9 heteroatoms. The molecule has 0 unspecified atom stereocenters. The minimum absolute atomic E-state index is 0.0391.